The van der Waals surface area contributed by atoms with Gasteiger partial charge in [-0.2, -0.15) is 0 Å². The number of nitrogens with two attached hydrogens (primary N) is 1. The van der Waals surface area contributed by atoms with Crippen molar-refractivity contribution in [3.8, 4) is 0 Å². The van der Waals surface area contributed by atoms with E-state index in [4.69, 9.17) is 10.5 Å². The molecule has 0 radical (unpaired) electrons. The van der Waals surface area contributed by atoms with Crippen LogP contribution in [-0.4, -0.2) is 44.2 Å². The first-order valence-electron chi connectivity index (χ1n) is 5.78. The lowest BCUT2D eigenvalue weighted by Crippen LogP contribution is -2.43. The Hall–Kier alpha value is -0.0400. The molecule has 1 fully saturated rings. The second-order valence-corrected chi connectivity index (χ2v) is 4.28. The summed E-state index contributed by atoms with van der Waals surface area (Å²) >= 11 is 0. The fourth-order valence-electron chi connectivity index (χ4n) is 1.90. The van der Waals surface area contributed by atoms with Crippen molar-refractivity contribution < 1.29 is 4.74 Å². The van der Waals surface area contributed by atoms with Crippen molar-refractivity contribution in [1.82, 2.24) is 4.90 Å². The third-order valence-electron chi connectivity index (χ3n) is 2.76. The minimum absolute atomic E-state index is 0. The molecule has 4 nitrogen and oxygen atoms in total. The predicted octanol–water partition coefficient (Wildman–Crippen LogP) is 1.69. The average Bonchev–Trinajstić information content (AvgIpc) is 2.24. The Morgan fingerprint density at radius 1 is 1.56 bits per heavy atom. The van der Waals surface area contributed by atoms with E-state index in [2.05, 4.69) is 16.8 Å². The van der Waals surface area contributed by atoms with E-state index in [1.165, 1.54) is 12.8 Å². The molecular weight excluding hydrogens is 317 g/mol. The molecule has 0 amide bonds. The molecule has 1 heterocycles. The third-order valence-corrected chi connectivity index (χ3v) is 2.76. The van der Waals surface area contributed by atoms with Crippen LogP contribution in [0, 0.1) is 5.92 Å². The maximum absolute atomic E-state index is 5.93. The molecule has 0 aliphatic carbocycles. The number of rotatable bonds is 4. The van der Waals surface area contributed by atoms with Crippen LogP contribution >= 0.6 is 24.0 Å². The Bertz CT molecular complexity index is 211. The van der Waals surface area contributed by atoms with Crippen molar-refractivity contribution in [3.05, 3.63) is 0 Å². The highest BCUT2D eigenvalue weighted by atomic mass is 127. The molecule has 0 aromatic rings. The highest BCUT2D eigenvalue weighted by Crippen LogP contribution is 2.14. The number of guanidine groups is 1. The summed E-state index contributed by atoms with van der Waals surface area (Å²) in [7, 11) is 1.71. The second-order valence-electron chi connectivity index (χ2n) is 4.28. The lowest BCUT2D eigenvalue weighted by atomic mass is 10.0. The lowest BCUT2D eigenvalue weighted by Gasteiger charge is -2.31. The van der Waals surface area contributed by atoms with Gasteiger partial charge in [0.05, 0.1) is 0 Å². The number of ether oxygens (including phenoxy) is 1. The number of aliphatic imine (C=N–C) groups is 1. The minimum atomic E-state index is 0. The summed E-state index contributed by atoms with van der Waals surface area (Å²) < 4.78 is 4.96. The molecular formula is C11H24IN3O. The SMILES string of the molecule is COCCCN=C(N)N1CCCC(C)C1.I. The van der Waals surface area contributed by atoms with Crippen LogP contribution in [0.1, 0.15) is 26.2 Å². The molecule has 1 unspecified atom stereocenters. The fourth-order valence-corrected chi connectivity index (χ4v) is 1.90. The van der Waals surface area contributed by atoms with E-state index in [1.807, 2.05) is 0 Å². The van der Waals surface area contributed by atoms with E-state index in [1.54, 1.807) is 7.11 Å². The molecule has 5 heteroatoms. The van der Waals surface area contributed by atoms with Crippen molar-refractivity contribution in [3.63, 3.8) is 0 Å². The molecule has 1 atom stereocenters. The zero-order valence-electron chi connectivity index (χ0n) is 10.3. The monoisotopic (exact) mass is 341 g/mol. The van der Waals surface area contributed by atoms with Crippen LogP contribution in [0.4, 0.5) is 0 Å². The Balaban J connectivity index is 0.00000225. The zero-order chi connectivity index (χ0) is 11.1. The number of likely N-dealkylation sites (tertiary alicyclic amines) is 1. The van der Waals surface area contributed by atoms with Gasteiger partial charge in [0.15, 0.2) is 5.96 Å². The summed E-state index contributed by atoms with van der Waals surface area (Å²) in [6, 6.07) is 0. The van der Waals surface area contributed by atoms with Gasteiger partial charge in [-0.25, -0.2) is 0 Å². The van der Waals surface area contributed by atoms with Crippen molar-refractivity contribution in [2.45, 2.75) is 26.2 Å². The summed E-state index contributed by atoms with van der Waals surface area (Å²) in [5.41, 5.74) is 5.93. The van der Waals surface area contributed by atoms with Crippen LogP contribution in [0.2, 0.25) is 0 Å². The number of hydrogen-bond donors (Lipinski definition) is 1. The Morgan fingerprint density at radius 2 is 2.31 bits per heavy atom. The molecule has 1 aliphatic heterocycles. The molecule has 1 aliphatic rings. The maximum atomic E-state index is 5.93. The van der Waals surface area contributed by atoms with Gasteiger partial charge in [0.1, 0.15) is 0 Å². The molecule has 2 N–H and O–H groups in total. The maximum Gasteiger partial charge on any atom is 0.191 e. The van der Waals surface area contributed by atoms with Gasteiger partial charge in [0.25, 0.3) is 0 Å². The molecule has 16 heavy (non-hydrogen) atoms. The van der Waals surface area contributed by atoms with E-state index in [0.29, 0.717) is 5.96 Å². The van der Waals surface area contributed by atoms with Gasteiger partial charge in [-0.1, -0.05) is 6.92 Å². The first kappa shape index (κ1) is 16.0. The number of piperidine rings is 1. The Labute approximate surface area is 116 Å². The zero-order valence-corrected chi connectivity index (χ0v) is 12.6. The van der Waals surface area contributed by atoms with Crippen molar-refractivity contribution in [2.75, 3.05) is 33.4 Å². The fraction of sp³-hybridized carbons (Fsp3) is 0.909. The first-order valence-corrected chi connectivity index (χ1v) is 5.78. The minimum Gasteiger partial charge on any atom is -0.385 e. The van der Waals surface area contributed by atoms with Crippen LogP contribution in [0.15, 0.2) is 4.99 Å². The van der Waals surface area contributed by atoms with Gasteiger partial charge in [0, 0.05) is 33.4 Å². The van der Waals surface area contributed by atoms with Crippen LogP contribution in [0.3, 0.4) is 0 Å². The molecule has 0 aromatic heterocycles. The predicted molar refractivity (Wildman–Crippen MR) is 78.4 cm³/mol. The van der Waals surface area contributed by atoms with Gasteiger partial charge in [0.2, 0.25) is 0 Å². The van der Waals surface area contributed by atoms with Gasteiger partial charge in [-0.3, -0.25) is 4.99 Å². The first-order chi connectivity index (χ1) is 7.24. The summed E-state index contributed by atoms with van der Waals surface area (Å²) in [4.78, 5) is 6.56. The van der Waals surface area contributed by atoms with E-state index >= 15 is 0 Å². The lowest BCUT2D eigenvalue weighted by molar-refractivity contribution is 0.196. The molecule has 0 spiro atoms. The van der Waals surface area contributed by atoms with Gasteiger partial charge in [-0.05, 0) is 25.2 Å². The van der Waals surface area contributed by atoms with Crippen LogP contribution in [0.5, 0.6) is 0 Å². The summed E-state index contributed by atoms with van der Waals surface area (Å²) in [6.45, 7) is 5.91. The molecule has 1 rings (SSSR count). The Morgan fingerprint density at radius 3 is 2.94 bits per heavy atom. The highest BCUT2D eigenvalue weighted by molar-refractivity contribution is 14.0. The summed E-state index contributed by atoms with van der Waals surface area (Å²) in [5.74, 6) is 1.45. The van der Waals surface area contributed by atoms with Gasteiger partial charge < -0.3 is 15.4 Å². The van der Waals surface area contributed by atoms with E-state index < -0.39 is 0 Å². The van der Waals surface area contributed by atoms with E-state index in [9.17, 15) is 0 Å². The molecule has 96 valence electrons. The number of halogens is 1. The van der Waals surface area contributed by atoms with Crippen molar-refractivity contribution in [1.29, 1.82) is 0 Å². The summed E-state index contributed by atoms with van der Waals surface area (Å²) in [5, 5.41) is 0. The van der Waals surface area contributed by atoms with Gasteiger partial charge >= 0.3 is 0 Å². The van der Waals surface area contributed by atoms with Crippen LogP contribution in [0.25, 0.3) is 0 Å². The van der Waals surface area contributed by atoms with Gasteiger partial charge in [-0.15, -0.1) is 24.0 Å². The highest BCUT2D eigenvalue weighted by Gasteiger charge is 2.17. The number of hydrogen-bond acceptors (Lipinski definition) is 2. The molecule has 0 saturated carbocycles. The van der Waals surface area contributed by atoms with E-state index in [0.717, 1.165) is 38.6 Å². The van der Waals surface area contributed by atoms with Crippen molar-refractivity contribution in [2.24, 2.45) is 16.6 Å². The smallest absolute Gasteiger partial charge is 0.191 e. The molecule has 1 saturated heterocycles. The standard InChI is InChI=1S/C11H23N3O.HI/c1-10-5-3-7-14(9-10)11(12)13-6-4-8-15-2;/h10H,3-9H2,1-2H3,(H2,12,13);1H. The second kappa shape index (κ2) is 9.04. The number of nitrogens with zero attached hydrogens (tertiary/aromatic N) is 2. The average molecular weight is 341 g/mol. The van der Waals surface area contributed by atoms with E-state index in [-0.39, 0.29) is 24.0 Å². The normalized spacial score (nSPS) is 21.8. The van der Waals surface area contributed by atoms with Crippen LogP contribution < -0.4 is 5.73 Å². The largest absolute Gasteiger partial charge is 0.385 e. The molecule has 0 bridgehead atoms. The number of methoxy groups -OCH3 is 1. The van der Waals surface area contributed by atoms with Crippen LogP contribution in [-0.2, 0) is 4.74 Å². The van der Waals surface area contributed by atoms with Crippen molar-refractivity contribution >= 4 is 29.9 Å². The Kier molecular flexibility index (Phi) is 9.02. The molecule has 0 aromatic carbocycles. The topological polar surface area (TPSA) is 50.9 Å². The summed E-state index contributed by atoms with van der Waals surface area (Å²) in [6.07, 6.45) is 3.49. The third kappa shape index (κ3) is 5.89. The quantitative estimate of drug-likeness (QED) is 0.366.